The van der Waals surface area contributed by atoms with Gasteiger partial charge in [-0.15, -0.1) is 11.3 Å². The van der Waals surface area contributed by atoms with Gasteiger partial charge in [-0.25, -0.2) is 9.78 Å². The Hall–Kier alpha value is -3.03. The first-order valence-corrected chi connectivity index (χ1v) is 10.9. The zero-order valence-electron chi connectivity index (χ0n) is 17.1. The van der Waals surface area contributed by atoms with E-state index in [0.29, 0.717) is 27.7 Å². The quantitative estimate of drug-likeness (QED) is 0.358. The van der Waals surface area contributed by atoms with Crippen LogP contribution in [0.4, 0.5) is 5.69 Å². The van der Waals surface area contributed by atoms with Gasteiger partial charge >= 0.3 is 5.97 Å². The molecule has 1 N–H and O–H groups in total. The van der Waals surface area contributed by atoms with E-state index < -0.39 is 12.6 Å². The molecule has 0 saturated carbocycles. The third-order valence-corrected chi connectivity index (χ3v) is 5.33. The molecule has 0 aliphatic rings. The maximum absolute atomic E-state index is 12.3. The van der Waals surface area contributed by atoms with E-state index >= 15 is 0 Å². The fraction of sp³-hybridized carbons (Fsp3) is 0.217. The lowest BCUT2D eigenvalue weighted by Crippen LogP contribution is -2.15. The number of ketones is 1. The highest BCUT2D eigenvalue weighted by Crippen LogP contribution is 2.26. The monoisotopic (exact) mass is 456 g/mol. The van der Waals surface area contributed by atoms with Crippen LogP contribution in [0.1, 0.15) is 41.1 Å². The van der Waals surface area contributed by atoms with Crippen LogP contribution in [-0.4, -0.2) is 29.3 Å². The van der Waals surface area contributed by atoms with Crippen LogP contribution in [-0.2, 0) is 9.53 Å². The Morgan fingerprint density at radius 1 is 1.13 bits per heavy atom. The Balaban J connectivity index is 1.54. The van der Waals surface area contributed by atoms with E-state index in [4.69, 9.17) is 16.3 Å². The fourth-order valence-electron chi connectivity index (χ4n) is 2.73. The van der Waals surface area contributed by atoms with Crippen molar-refractivity contribution in [2.45, 2.75) is 20.3 Å². The van der Waals surface area contributed by atoms with Crippen molar-refractivity contribution in [3.8, 4) is 10.6 Å². The molecule has 0 atom stereocenters. The largest absolute Gasteiger partial charge is 0.453 e. The third-order valence-electron chi connectivity index (χ3n) is 4.20. The van der Waals surface area contributed by atoms with Crippen molar-refractivity contribution in [2.24, 2.45) is 5.92 Å². The molecule has 0 saturated heterocycles. The maximum Gasteiger partial charge on any atom is 0.358 e. The second kappa shape index (κ2) is 10.3. The van der Waals surface area contributed by atoms with Crippen LogP contribution in [0.3, 0.4) is 0 Å². The average Bonchev–Trinajstić information content (AvgIpc) is 3.22. The maximum atomic E-state index is 12.3. The number of esters is 1. The molecular formula is C23H21ClN2O4S. The number of ether oxygens (including phenoxy) is 1. The van der Waals surface area contributed by atoms with Crippen molar-refractivity contribution in [3.63, 3.8) is 0 Å². The van der Waals surface area contributed by atoms with Gasteiger partial charge in [-0.3, -0.25) is 9.59 Å². The standard InChI is InChI=1S/C23H21ClN2O4S/c1-14(2)10-21(28)25-18-8-6-15(7-9-18)20(27)12-30-23(29)19-13-31-22(26-19)16-4-3-5-17(24)11-16/h3-9,11,13-14H,10,12H2,1-2H3,(H,25,28). The van der Waals surface area contributed by atoms with Crippen LogP contribution < -0.4 is 5.32 Å². The van der Waals surface area contributed by atoms with Gasteiger partial charge in [-0.1, -0.05) is 37.6 Å². The number of hydrogen-bond acceptors (Lipinski definition) is 6. The van der Waals surface area contributed by atoms with Crippen LogP contribution >= 0.6 is 22.9 Å². The molecule has 160 valence electrons. The summed E-state index contributed by atoms with van der Waals surface area (Å²) in [6, 6.07) is 13.6. The molecule has 1 aromatic heterocycles. The molecule has 1 heterocycles. The second-order valence-corrected chi connectivity index (χ2v) is 8.57. The van der Waals surface area contributed by atoms with Crippen molar-refractivity contribution in [2.75, 3.05) is 11.9 Å². The van der Waals surface area contributed by atoms with Gasteiger partial charge in [0, 0.05) is 33.6 Å². The number of rotatable bonds is 8. The molecule has 3 aromatic rings. The van der Waals surface area contributed by atoms with Crippen molar-refractivity contribution in [1.82, 2.24) is 4.98 Å². The molecule has 31 heavy (non-hydrogen) atoms. The van der Waals surface area contributed by atoms with E-state index in [0.717, 1.165) is 5.56 Å². The minimum atomic E-state index is -0.671. The van der Waals surface area contributed by atoms with Gasteiger partial charge in [0.05, 0.1) is 0 Å². The number of Topliss-reactive ketones (excluding diaryl/α,β-unsaturated/α-hetero) is 1. The van der Waals surface area contributed by atoms with Gasteiger partial charge in [0.25, 0.3) is 0 Å². The highest BCUT2D eigenvalue weighted by molar-refractivity contribution is 7.13. The molecule has 0 aliphatic heterocycles. The summed E-state index contributed by atoms with van der Waals surface area (Å²) in [5, 5.41) is 5.57. The number of halogens is 1. The van der Waals surface area contributed by atoms with Gasteiger partial charge in [0.15, 0.2) is 18.1 Å². The van der Waals surface area contributed by atoms with Crippen LogP contribution in [0.5, 0.6) is 0 Å². The Bertz CT molecular complexity index is 1090. The van der Waals surface area contributed by atoms with E-state index in [9.17, 15) is 14.4 Å². The van der Waals surface area contributed by atoms with Crippen LogP contribution in [0.25, 0.3) is 10.6 Å². The number of aromatic nitrogens is 1. The minimum absolute atomic E-state index is 0.0802. The number of carbonyl (C=O) groups is 3. The number of nitrogens with zero attached hydrogens (tertiary/aromatic N) is 1. The summed E-state index contributed by atoms with van der Waals surface area (Å²) in [6.45, 7) is 3.53. The molecule has 2 aromatic carbocycles. The predicted octanol–water partition coefficient (Wildman–Crippen LogP) is 5.49. The molecule has 0 spiro atoms. The van der Waals surface area contributed by atoms with E-state index in [1.807, 2.05) is 19.9 Å². The van der Waals surface area contributed by atoms with Gasteiger partial charge < -0.3 is 10.1 Å². The summed E-state index contributed by atoms with van der Waals surface area (Å²) in [5.41, 5.74) is 1.92. The molecular weight excluding hydrogens is 436 g/mol. The molecule has 0 radical (unpaired) electrons. The minimum Gasteiger partial charge on any atom is -0.453 e. The number of nitrogens with one attached hydrogen (secondary N) is 1. The summed E-state index contributed by atoms with van der Waals surface area (Å²) in [5.74, 6) is -0.840. The van der Waals surface area contributed by atoms with Crippen molar-refractivity contribution in [1.29, 1.82) is 0 Å². The lowest BCUT2D eigenvalue weighted by molar-refractivity contribution is -0.116. The first-order chi connectivity index (χ1) is 14.8. The fourth-order valence-corrected chi connectivity index (χ4v) is 3.71. The first-order valence-electron chi connectivity index (χ1n) is 9.63. The summed E-state index contributed by atoms with van der Waals surface area (Å²) in [6.07, 6.45) is 0.423. The number of carbonyl (C=O) groups excluding carboxylic acids is 3. The second-order valence-electron chi connectivity index (χ2n) is 7.27. The Kier molecular flexibility index (Phi) is 7.55. The topological polar surface area (TPSA) is 85.4 Å². The molecule has 0 aliphatic carbocycles. The number of hydrogen-bond donors (Lipinski definition) is 1. The van der Waals surface area contributed by atoms with Crippen molar-refractivity contribution >= 4 is 46.3 Å². The Morgan fingerprint density at radius 2 is 1.87 bits per heavy atom. The van der Waals surface area contributed by atoms with E-state index in [-0.39, 0.29) is 23.3 Å². The summed E-state index contributed by atoms with van der Waals surface area (Å²) >= 11 is 7.28. The van der Waals surface area contributed by atoms with Crippen molar-refractivity contribution < 1.29 is 19.1 Å². The molecule has 6 nitrogen and oxygen atoms in total. The molecule has 0 unspecified atom stereocenters. The van der Waals surface area contributed by atoms with E-state index in [1.54, 1.807) is 47.8 Å². The molecule has 0 fully saturated rings. The number of anilines is 1. The predicted molar refractivity (Wildman–Crippen MR) is 122 cm³/mol. The number of benzene rings is 2. The molecule has 8 heteroatoms. The summed E-state index contributed by atoms with van der Waals surface area (Å²) < 4.78 is 5.12. The van der Waals surface area contributed by atoms with E-state index in [1.165, 1.54) is 11.3 Å². The Morgan fingerprint density at radius 3 is 2.55 bits per heavy atom. The first kappa shape index (κ1) is 22.7. The highest BCUT2D eigenvalue weighted by atomic mass is 35.5. The molecule has 3 rings (SSSR count). The zero-order chi connectivity index (χ0) is 22.4. The lowest BCUT2D eigenvalue weighted by atomic mass is 10.1. The van der Waals surface area contributed by atoms with E-state index in [2.05, 4.69) is 10.3 Å². The van der Waals surface area contributed by atoms with Gasteiger partial charge in [-0.05, 0) is 42.3 Å². The highest BCUT2D eigenvalue weighted by Gasteiger charge is 2.16. The number of thiazole rings is 1. The smallest absolute Gasteiger partial charge is 0.358 e. The van der Waals surface area contributed by atoms with Gasteiger partial charge in [-0.2, -0.15) is 0 Å². The third kappa shape index (κ3) is 6.47. The van der Waals surface area contributed by atoms with Crippen LogP contribution in [0.2, 0.25) is 5.02 Å². The zero-order valence-corrected chi connectivity index (χ0v) is 18.6. The van der Waals surface area contributed by atoms with Crippen LogP contribution in [0, 0.1) is 5.92 Å². The normalized spacial score (nSPS) is 10.7. The van der Waals surface area contributed by atoms with Gasteiger partial charge in [0.1, 0.15) is 5.01 Å². The molecule has 0 bridgehead atoms. The van der Waals surface area contributed by atoms with Crippen LogP contribution in [0.15, 0.2) is 53.9 Å². The van der Waals surface area contributed by atoms with Gasteiger partial charge in [0.2, 0.25) is 5.91 Å². The Labute approximate surface area is 189 Å². The van der Waals surface area contributed by atoms with Crippen molar-refractivity contribution in [3.05, 3.63) is 70.2 Å². The summed E-state index contributed by atoms with van der Waals surface area (Å²) in [7, 11) is 0. The molecule has 1 amide bonds. The number of amides is 1. The summed E-state index contributed by atoms with van der Waals surface area (Å²) in [4.78, 5) is 40.7. The average molecular weight is 457 g/mol. The SMILES string of the molecule is CC(C)CC(=O)Nc1ccc(C(=O)COC(=O)c2csc(-c3cccc(Cl)c3)n2)cc1. The lowest BCUT2D eigenvalue weighted by Gasteiger charge is -2.08.